The van der Waals surface area contributed by atoms with E-state index in [2.05, 4.69) is 67.7 Å². The van der Waals surface area contributed by atoms with E-state index in [0.717, 1.165) is 16.4 Å². The Bertz CT molecular complexity index is 422. The first kappa shape index (κ1) is 13.8. The van der Waals surface area contributed by atoms with Crippen molar-refractivity contribution >= 4 is 23.5 Å². The van der Waals surface area contributed by atoms with Crippen LogP contribution >= 0.6 is 23.5 Å². The van der Waals surface area contributed by atoms with Gasteiger partial charge in [0.15, 0.2) is 0 Å². The van der Waals surface area contributed by atoms with E-state index >= 15 is 0 Å². The van der Waals surface area contributed by atoms with Gasteiger partial charge in [0.05, 0.1) is 0 Å². The van der Waals surface area contributed by atoms with Crippen LogP contribution in [0.3, 0.4) is 0 Å². The molecule has 104 valence electrons. The first-order chi connectivity index (χ1) is 9.16. The van der Waals surface area contributed by atoms with E-state index < -0.39 is 0 Å². The first-order valence-corrected chi connectivity index (χ1v) is 9.23. The lowest BCUT2D eigenvalue weighted by molar-refractivity contribution is 0.574. The standard InChI is InChI=1S/C16H23NS2/c1-10-11(2)19-15(9-18-10)16(17)14-8-13(14)12-6-4-3-5-7-12/h3-7,10-11,13-16H,8-9,17H2,1-2H3. The van der Waals surface area contributed by atoms with Crippen LogP contribution in [0.5, 0.6) is 0 Å². The number of benzene rings is 1. The van der Waals surface area contributed by atoms with Gasteiger partial charge in [-0.1, -0.05) is 44.2 Å². The molecule has 6 atom stereocenters. The third kappa shape index (κ3) is 2.98. The predicted octanol–water partition coefficient (Wildman–Crippen LogP) is 3.74. The van der Waals surface area contributed by atoms with Crippen molar-refractivity contribution in [1.29, 1.82) is 0 Å². The van der Waals surface area contributed by atoms with Crippen molar-refractivity contribution in [3.05, 3.63) is 35.9 Å². The average molecular weight is 294 g/mol. The van der Waals surface area contributed by atoms with Crippen molar-refractivity contribution in [3.63, 3.8) is 0 Å². The van der Waals surface area contributed by atoms with E-state index in [1.807, 2.05) is 0 Å². The maximum absolute atomic E-state index is 6.55. The Morgan fingerprint density at radius 2 is 1.89 bits per heavy atom. The van der Waals surface area contributed by atoms with Crippen molar-refractivity contribution in [1.82, 2.24) is 0 Å². The molecule has 0 radical (unpaired) electrons. The third-order valence-electron chi connectivity index (χ3n) is 4.57. The Kier molecular flexibility index (Phi) is 4.16. The fourth-order valence-corrected chi connectivity index (χ4v) is 6.13. The highest BCUT2D eigenvalue weighted by Crippen LogP contribution is 2.52. The van der Waals surface area contributed by atoms with Gasteiger partial charge in [0, 0.05) is 27.5 Å². The zero-order chi connectivity index (χ0) is 13.4. The molecule has 2 N–H and O–H groups in total. The number of thioether (sulfide) groups is 2. The summed E-state index contributed by atoms with van der Waals surface area (Å²) in [6, 6.07) is 11.3. The van der Waals surface area contributed by atoms with Gasteiger partial charge in [0.1, 0.15) is 0 Å². The predicted molar refractivity (Wildman–Crippen MR) is 88.0 cm³/mol. The van der Waals surface area contributed by atoms with Crippen LogP contribution in [0, 0.1) is 5.92 Å². The molecule has 2 aliphatic rings. The molecular formula is C16H23NS2. The smallest absolute Gasteiger partial charge is 0.0295 e. The highest BCUT2D eigenvalue weighted by atomic mass is 32.2. The summed E-state index contributed by atoms with van der Waals surface area (Å²) in [5, 5.41) is 2.16. The lowest BCUT2D eigenvalue weighted by Gasteiger charge is -2.34. The molecule has 0 bridgehead atoms. The van der Waals surface area contributed by atoms with Crippen LogP contribution in [0.2, 0.25) is 0 Å². The van der Waals surface area contributed by atoms with Gasteiger partial charge in [-0.25, -0.2) is 0 Å². The minimum absolute atomic E-state index is 0.373. The average Bonchev–Trinajstić information content (AvgIpc) is 3.22. The quantitative estimate of drug-likeness (QED) is 0.919. The second kappa shape index (κ2) is 5.71. The van der Waals surface area contributed by atoms with Gasteiger partial charge < -0.3 is 5.73 Å². The zero-order valence-electron chi connectivity index (χ0n) is 11.7. The summed E-state index contributed by atoms with van der Waals surface area (Å²) in [4.78, 5) is 0. The molecule has 1 aliphatic carbocycles. The van der Waals surface area contributed by atoms with Gasteiger partial charge in [-0.15, -0.1) is 0 Å². The van der Waals surface area contributed by atoms with Gasteiger partial charge in [0.2, 0.25) is 0 Å². The van der Waals surface area contributed by atoms with Crippen molar-refractivity contribution < 1.29 is 0 Å². The summed E-state index contributed by atoms with van der Waals surface area (Å²) in [6.45, 7) is 4.69. The molecule has 3 heteroatoms. The molecule has 1 heterocycles. The van der Waals surface area contributed by atoms with Crippen LogP contribution in [0.15, 0.2) is 30.3 Å². The highest BCUT2D eigenvalue weighted by molar-refractivity contribution is 8.07. The minimum Gasteiger partial charge on any atom is -0.326 e. The molecule has 2 fully saturated rings. The van der Waals surface area contributed by atoms with Crippen LogP contribution in [-0.4, -0.2) is 27.5 Å². The summed E-state index contributed by atoms with van der Waals surface area (Å²) in [6.07, 6.45) is 1.29. The van der Waals surface area contributed by atoms with Crippen LogP contribution in [0.25, 0.3) is 0 Å². The van der Waals surface area contributed by atoms with Crippen molar-refractivity contribution in [3.8, 4) is 0 Å². The summed E-state index contributed by atoms with van der Waals surface area (Å²) in [5.41, 5.74) is 8.04. The molecule has 1 aliphatic heterocycles. The number of hydrogen-bond acceptors (Lipinski definition) is 3. The molecule has 0 spiro atoms. The lowest BCUT2D eigenvalue weighted by Crippen LogP contribution is -2.41. The van der Waals surface area contributed by atoms with Crippen LogP contribution < -0.4 is 5.73 Å². The van der Waals surface area contributed by atoms with Gasteiger partial charge >= 0.3 is 0 Å². The van der Waals surface area contributed by atoms with Crippen LogP contribution in [-0.2, 0) is 0 Å². The van der Waals surface area contributed by atoms with Crippen molar-refractivity contribution in [2.75, 3.05) is 5.75 Å². The molecular weight excluding hydrogens is 270 g/mol. The summed E-state index contributed by atoms with van der Waals surface area (Å²) < 4.78 is 0. The molecule has 0 aromatic heterocycles. The molecule has 1 saturated heterocycles. The number of nitrogens with two attached hydrogens (primary N) is 1. The molecule has 6 unspecified atom stereocenters. The SMILES string of the molecule is CC1SCC(C(N)C2CC2c2ccccc2)SC1C. The molecule has 1 nitrogen and oxygen atoms in total. The van der Waals surface area contributed by atoms with E-state index in [1.54, 1.807) is 0 Å². The van der Waals surface area contributed by atoms with Crippen molar-refractivity contribution in [2.24, 2.45) is 11.7 Å². The fourth-order valence-electron chi connectivity index (χ4n) is 3.01. The van der Waals surface area contributed by atoms with Crippen molar-refractivity contribution in [2.45, 2.75) is 48.0 Å². The van der Waals surface area contributed by atoms with Gasteiger partial charge in [-0.2, -0.15) is 23.5 Å². The van der Waals surface area contributed by atoms with E-state index in [-0.39, 0.29) is 0 Å². The highest BCUT2D eigenvalue weighted by Gasteiger charge is 2.46. The number of rotatable bonds is 3. The number of hydrogen-bond donors (Lipinski definition) is 1. The van der Waals surface area contributed by atoms with E-state index in [4.69, 9.17) is 5.73 Å². The fraction of sp³-hybridized carbons (Fsp3) is 0.625. The molecule has 1 aromatic carbocycles. The molecule has 0 amide bonds. The maximum atomic E-state index is 6.55. The van der Waals surface area contributed by atoms with Gasteiger partial charge in [-0.05, 0) is 23.8 Å². The minimum atomic E-state index is 0.373. The van der Waals surface area contributed by atoms with Gasteiger partial charge in [-0.3, -0.25) is 0 Å². The Hall–Kier alpha value is -0.120. The zero-order valence-corrected chi connectivity index (χ0v) is 13.3. The second-order valence-electron chi connectivity index (χ2n) is 5.91. The molecule has 3 rings (SSSR count). The van der Waals surface area contributed by atoms with Gasteiger partial charge in [0.25, 0.3) is 0 Å². The Balaban J connectivity index is 1.59. The largest absolute Gasteiger partial charge is 0.326 e. The maximum Gasteiger partial charge on any atom is 0.0295 e. The first-order valence-electron chi connectivity index (χ1n) is 7.24. The normalized spacial score (nSPS) is 39.8. The summed E-state index contributed by atoms with van der Waals surface area (Å²) in [5.74, 6) is 2.66. The molecule has 1 aromatic rings. The lowest BCUT2D eigenvalue weighted by atomic mass is 10.0. The van der Waals surface area contributed by atoms with E-state index in [1.165, 1.54) is 17.7 Å². The van der Waals surface area contributed by atoms with E-state index in [9.17, 15) is 0 Å². The molecule has 19 heavy (non-hydrogen) atoms. The summed E-state index contributed by atoms with van der Waals surface area (Å²) in [7, 11) is 0. The van der Waals surface area contributed by atoms with Crippen LogP contribution in [0.1, 0.15) is 31.7 Å². The van der Waals surface area contributed by atoms with E-state index in [0.29, 0.717) is 17.2 Å². The monoisotopic (exact) mass is 293 g/mol. The Morgan fingerprint density at radius 1 is 1.16 bits per heavy atom. The van der Waals surface area contributed by atoms with Crippen LogP contribution in [0.4, 0.5) is 0 Å². The molecule has 1 saturated carbocycles. The third-order valence-corrected chi connectivity index (χ3v) is 8.10. The second-order valence-corrected chi connectivity index (χ2v) is 8.94. The Morgan fingerprint density at radius 3 is 2.58 bits per heavy atom. The Labute approximate surface area is 125 Å². The summed E-state index contributed by atoms with van der Waals surface area (Å²) >= 11 is 4.23. The topological polar surface area (TPSA) is 26.0 Å².